The molecule has 0 heterocycles. The molecule has 0 aromatic rings. The summed E-state index contributed by atoms with van der Waals surface area (Å²) in [7, 11) is -6.44. The number of sulfone groups is 1. The van der Waals surface area contributed by atoms with Crippen molar-refractivity contribution in [2.45, 2.75) is 37.0 Å². The van der Waals surface area contributed by atoms with Crippen LogP contribution in [-0.2, 0) is 19.9 Å². The molecule has 0 amide bonds. The lowest BCUT2D eigenvalue weighted by atomic mass is 10.2. The van der Waals surface area contributed by atoms with Gasteiger partial charge in [0.1, 0.15) is 0 Å². The fourth-order valence-corrected chi connectivity index (χ4v) is 4.20. The van der Waals surface area contributed by atoms with Crippen LogP contribution in [0, 0.1) is 0 Å². The van der Waals surface area contributed by atoms with Gasteiger partial charge in [-0.25, -0.2) is 22.0 Å². The molecule has 8 heteroatoms. The number of primary sulfonamides is 1. The normalized spacial score (nSPS) is 26.2. The quantitative estimate of drug-likeness (QED) is 0.622. The zero-order valence-corrected chi connectivity index (χ0v) is 11.6. The first-order chi connectivity index (χ1) is 7.70. The van der Waals surface area contributed by atoms with Crippen molar-refractivity contribution in [1.29, 1.82) is 0 Å². The number of nitrogens with two attached hydrogens (primary N) is 1. The van der Waals surface area contributed by atoms with Crippen LogP contribution in [0.2, 0.25) is 0 Å². The van der Waals surface area contributed by atoms with Crippen LogP contribution in [0.4, 0.5) is 0 Å². The minimum Gasteiger partial charge on any atom is -0.313 e. The molecule has 6 nitrogen and oxygen atoms in total. The number of nitrogens with one attached hydrogen (secondary N) is 1. The third-order valence-electron chi connectivity index (χ3n) is 3.01. The van der Waals surface area contributed by atoms with Gasteiger partial charge in [-0.2, -0.15) is 0 Å². The maximum atomic E-state index is 11.5. The Morgan fingerprint density at radius 1 is 1.24 bits per heavy atom. The van der Waals surface area contributed by atoms with E-state index in [0.29, 0.717) is 19.4 Å². The molecule has 0 aromatic heterocycles. The van der Waals surface area contributed by atoms with E-state index in [0.717, 1.165) is 12.8 Å². The SMILES string of the molecule is CS(=O)(=O)C1CCCC1NCCCS(N)(=O)=O. The number of rotatable bonds is 6. The highest BCUT2D eigenvalue weighted by Crippen LogP contribution is 2.24. The molecule has 1 aliphatic rings. The Morgan fingerprint density at radius 2 is 1.88 bits per heavy atom. The van der Waals surface area contributed by atoms with Gasteiger partial charge < -0.3 is 5.32 Å². The summed E-state index contributed by atoms with van der Waals surface area (Å²) in [6.45, 7) is 0.479. The van der Waals surface area contributed by atoms with Crippen LogP contribution < -0.4 is 10.5 Å². The molecule has 0 saturated heterocycles. The first-order valence-corrected chi connectivity index (χ1v) is 9.30. The van der Waals surface area contributed by atoms with Gasteiger partial charge in [0.2, 0.25) is 10.0 Å². The average molecular weight is 284 g/mol. The zero-order valence-electron chi connectivity index (χ0n) is 9.92. The molecule has 2 unspecified atom stereocenters. The van der Waals surface area contributed by atoms with E-state index in [2.05, 4.69) is 5.32 Å². The molecule has 2 atom stereocenters. The van der Waals surface area contributed by atoms with Crippen LogP contribution >= 0.6 is 0 Å². The molecule has 1 aliphatic carbocycles. The van der Waals surface area contributed by atoms with Crippen LogP contribution in [0.15, 0.2) is 0 Å². The summed E-state index contributed by atoms with van der Waals surface area (Å²) in [4.78, 5) is 0. The highest BCUT2D eigenvalue weighted by atomic mass is 32.2. The molecule has 3 N–H and O–H groups in total. The molecule has 1 saturated carbocycles. The van der Waals surface area contributed by atoms with Gasteiger partial charge in [0.25, 0.3) is 0 Å². The topological polar surface area (TPSA) is 106 Å². The monoisotopic (exact) mass is 284 g/mol. The van der Waals surface area contributed by atoms with Crippen molar-refractivity contribution in [3.63, 3.8) is 0 Å². The Bertz CT molecular complexity index is 444. The summed E-state index contributed by atoms with van der Waals surface area (Å²) in [6, 6.07) is -0.0505. The summed E-state index contributed by atoms with van der Waals surface area (Å²) < 4.78 is 44.4. The van der Waals surface area contributed by atoms with Gasteiger partial charge in [-0.05, 0) is 25.8 Å². The standard InChI is InChI=1S/C9H20N2O4S2/c1-16(12,13)9-5-2-4-8(9)11-6-3-7-17(10,14)15/h8-9,11H,2-7H2,1H3,(H2,10,14,15). The summed E-state index contributed by atoms with van der Waals surface area (Å²) >= 11 is 0. The minimum absolute atomic E-state index is 0.0505. The Hall–Kier alpha value is -0.180. The Kier molecular flexibility index (Phi) is 4.94. The lowest BCUT2D eigenvalue weighted by Gasteiger charge is -2.19. The summed E-state index contributed by atoms with van der Waals surface area (Å²) in [6.07, 6.45) is 4.07. The van der Waals surface area contributed by atoms with E-state index < -0.39 is 19.9 Å². The largest absolute Gasteiger partial charge is 0.313 e. The van der Waals surface area contributed by atoms with Gasteiger partial charge in [0, 0.05) is 12.3 Å². The van der Waals surface area contributed by atoms with E-state index in [1.807, 2.05) is 0 Å². The van der Waals surface area contributed by atoms with Crippen molar-refractivity contribution in [3.05, 3.63) is 0 Å². The van der Waals surface area contributed by atoms with Gasteiger partial charge in [0.15, 0.2) is 9.84 Å². The summed E-state index contributed by atoms with van der Waals surface area (Å²) in [5.41, 5.74) is 0. The molecule has 1 rings (SSSR count). The Morgan fingerprint density at radius 3 is 2.41 bits per heavy atom. The molecule has 0 aromatic carbocycles. The Balaban J connectivity index is 2.37. The second kappa shape index (κ2) is 5.64. The summed E-state index contributed by atoms with van der Waals surface area (Å²) in [5.74, 6) is -0.0732. The number of hydrogen-bond donors (Lipinski definition) is 2. The predicted octanol–water partition coefficient (Wildman–Crippen LogP) is -0.780. The smallest absolute Gasteiger partial charge is 0.209 e. The van der Waals surface area contributed by atoms with Gasteiger partial charge in [-0.1, -0.05) is 6.42 Å². The molecule has 0 radical (unpaired) electrons. The molecule has 102 valence electrons. The fourth-order valence-electron chi connectivity index (χ4n) is 2.23. The second-order valence-corrected chi connectivity index (χ2v) is 8.58. The number of sulfonamides is 1. The molecular weight excluding hydrogens is 264 g/mol. The lowest BCUT2D eigenvalue weighted by Crippen LogP contribution is -2.40. The first kappa shape index (κ1) is 14.9. The first-order valence-electron chi connectivity index (χ1n) is 5.63. The number of hydrogen-bond acceptors (Lipinski definition) is 5. The maximum absolute atomic E-state index is 11.5. The molecule has 17 heavy (non-hydrogen) atoms. The van der Waals surface area contributed by atoms with E-state index >= 15 is 0 Å². The highest BCUT2D eigenvalue weighted by molar-refractivity contribution is 7.91. The van der Waals surface area contributed by atoms with Crippen LogP contribution in [0.25, 0.3) is 0 Å². The molecule has 0 aliphatic heterocycles. The van der Waals surface area contributed by atoms with Gasteiger partial charge >= 0.3 is 0 Å². The third-order valence-corrected chi connectivity index (χ3v) is 5.54. The van der Waals surface area contributed by atoms with Crippen molar-refractivity contribution in [1.82, 2.24) is 5.32 Å². The Labute approximate surface area is 103 Å². The van der Waals surface area contributed by atoms with Crippen molar-refractivity contribution in [3.8, 4) is 0 Å². The van der Waals surface area contributed by atoms with Crippen LogP contribution in [0.1, 0.15) is 25.7 Å². The van der Waals surface area contributed by atoms with Gasteiger partial charge in [-0.15, -0.1) is 0 Å². The average Bonchev–Trinajstić information content (AvgIpc) is 2.58. The van der Waals surface area contributed by atoms with E-state index in [1.54, 1.807) is 0 Å². The van der Waals surface area contributed by atoms with E-state index in [9.17, 15) is 16.8 Å². The molecular formula is C9H20N2O4S2. The van der Waals surface area contributed by atoms with Crippen LogP contribution in [0.5, 0.6) is 0 Å². The highest BCUT2D eigenvalue weighted by Gasteiger charge is 2.34. The van der Waals surface area contributed by atoms with Crippen molar-refractivity contribution in [2.24, 2.45) is 5.14 Å². The predicted molar refractivity (Wildman–Crippen MR) is 66.9 cm³/mol. The second-order valence-electron chi connectivity index (χ2n) is 4.58. The van der Waals surface area contributed by atoms with Crippen LogP contribution in [0.3, 0.4) is 0 Å². The van der Waals surface area contributed by atoms with E-state index in [4.69, 9.17) is 5.14 Å². The fraction of sp³-hybridized carbons (Fsp3) is 1.00. The van der Waals surface area contributed by atoms with E-state index in [1.165, 1.54) is 6.26 Å². The van der Waals surface area contributed by atoms with Gasteiger partial charge in [-0.3, -0.25) is 0 Å². The molecule has 0 bridgehead atoms. The van der Waals surface area contributed by atoms with E-state index in [-0.39, 0.29) is 17.0 Å². The summed E-state index contributed by atoms with van der Waals surface area (Å²) in [5, 5.41) is 7.65. The van der Waals surface area contributed by atoms with Crippen LogP contribution in [-0.4, -0.2) is 46.7 Å². The van der Waals surface area contributed by atoms with Crippen molar-refractivity contribution >= 4 is 19.9 Å². The molecule has 0 spiro atoms. The minimum atomic E-state index is -3.42. The van der Waals surface area contributed by atoms with Crippen molar-refractivity contribution in [2.75, 3.05) is 18.6 Å². The third kappa shape index (κ3) is 5.33. The molecule has 1 fully saturated rings. The van der Waals surface area contributed by atoms with Gasteiger partial charge in [0.05, 0.1) is 11.0 Å². The zero-order chi connectivity index (χ0) is 13.1. The lowest BCUT2D eigenvalue weighted by molar-refractivity contribution is 0.505. The maximum Gasteiger partial charge on any atom is 0.209 e. The van der Waals surface area contributed by atoms with Crippen molar-refractivity contribution < 1.29 is 16.8 Å².